The number of aryl methyl sites for hydroxylation is 1. The van der Waals surface area contributed by atoms with E-state index in [1.165, 1.54) is 11.1 Å². The summed E-state index contributed by atoms with van der Waals surface area (Å²) in [5.41, 5.74) is 4.38. The van der Waals surface area contributed by atoms with Crippen molar-refractivity contribution >= 4 is 27.3 Å². The van der Waals surface area contributed by atoms with Gasteiger partial charge in [0, 0.05) is 88.7 Å². The number of carbonyl (C=O) groups is 1. The Bertz CT molecular complexity index is 1540. The number of anilines is 1. The van der Waals surface area contributed by atoms with Gasteiger partial charge in [-0.15, -0.1) is 0 Å². The van der Waals surface area contributed by atoms with Crippen molar-refractivity contribution in [2.24, 2.45) is 0 Å². The molecule has 1 aromatic heterocycles. The molecule has 2 fully saturated rings. The summed E-state index contributed by atoms with van der Waals surface area (Å²) in [5, 5.41) is 6.62. The van der Waals surface area contributed by atoms with Crippen molar-refractivity contribution in [1.29, 1.82) is 0 Å². The predicted octanol–water partition coefficient (Wildman–Crippen LogP) is 5.54. The summed E-state index contributed by atoms with van der Waals surface area (Å²) < 4.78 is 14.8. The molecule has 0 bridgehead atoms. The van der Waals surface area contributed by atoms with Crippen molar-refractivity contribution in [2.75, 3.05) is 71.4 Å². The van der Waals surface area contributed by atoms with Gasteiger partial charge in [0.1, 0.15) is 11.6 Å². The number of carbonyl (C=O) groups excluding carboxylic acids is 1. The summed E-state index contributed by atoms with van der Waals surface area (Å²) in [6, 6.07) is 18.0. The Balaban J connectivity index is 0.000000197. The summed E-state index contributed by atoms with van der Waals surface area (Å²) in [6.45, 7) is 22.4. The van der Waals surface area contributed by atoms with Gasteiger partial charge in [0.15, 0.2) is 0 Å². The molecule has 2 N–H and O–H groups in total. The van der Waals surface area contributed by atoms with Gasteiger partial charge in [0.2, 0.25) is 0 Å². The second-order valence-electron chi connectivity index (χ2n) is 13.6. The fourth-order valence-corrected chi connectivity index (χ4v) is 7.00. The van der Waals surface area contributed by atoms with E-state index in [9.17, 15) is 9.00 Å². The second-order valence-corrected chi connectivity index (χ2v) is 15.9. The van der Waals surface area contributed by atoms with Gasteiger partial charge in [-0.05, 0) is 65.9 Å². The Labute approximate surface area is 290 Å². The molecule has 2 aliphatic heterocycles. The van der Waals surface area contributed by atoms with E-state index in [1.807, 2.05) is 41.6 Å². The third-order valence-corrected chi connectivity index (χ3v) is 10.7. The number of nitrogens with zero attached hydrogens (tertiary/aromatic N) is 5. The van der Waals surface area contributed by atoms with Crippen LogP contribution in [0.5, 0.6) is 0 Å². The summed E-state index contributed by atoms with van der Waals surface area (Å²) >= 11 is 0. The minimum atomic E-state index is -2.31. The first kappa shape index (κ1) is 39.1. The SMILES string of the molecule is C=S(=O)(c1ccc(C(C)C)cc1)N1CCNCC1.CC(C)c1cccc(C(=O)N(C)C)c1.Cc1nc(C(C)C)cc(N2CCNCC2)n1. The quantitative estimate of drug-likeness (QED) is 0.318. The molecule has 0 aliphatic carbocycles. The van der Waals surface area contributed by atoms with E-state index in [0.717, 1.165) is 80.2 Å². The molecule has 10 heteroatoms. The topological polar surface area (TPSA) is 93.7 Å². The highest BCUT2D eigenvalue weighted by atomic mass is 32.2. The molecular weight excluding hydrogens is 619 g/mol. The van der Waals surface area contributed by atoms with Crippen LogP contribution < -0.4 is 15.5 Å². The Morgan fingerprint density at radius 2 is 1.35 bits per heavy atom. The normalized spacial score (nSPS) is 16.5. The molecule has 1 atom stereocenters. The van der Waals surface area contributed by atoms with E-state index in [4.69, 9.17) is 0 Å². The fourth-order valence-electron chi connectivity index (χ4n) is 5.37. The van der Waals surface area contributed by atoms with Gasteiger partial charge in [-0.25, -0.2) is 18.5 Å². The lowest BCUT2D eigenvalue weighted by Crippen LogP contribution is -2.46. The largest absolute Gasteiger partial charge is 0.354 e. The van der Waals surface area contributed by atoms with E-state index in [0.29, 0.717) is 17.8 Å². The van der Waals surface area contributed by atoms with E-state index >= 15 is 0 Å². The lowest BCUT2D eigenvalue weighted by molar-refractivity contribution is 0.0827. The van der Waals surface area contributed by atoms with Crippen LogP contribution >= 0.6 is 0 Å². The number of nitrogens with one attached hydrogen (secondary N) is 2. The first-order chi connectivity index (χ1) is 22.7. The Morgan fingerprint density at radius 1 is 0.792 bits per heavy atom. The molecule has 264 valence electrons. The first-order valence-electron chi connectivity index (χ1n) is 17.3. The third kappa shape index (κ3) is 11.4. The summed E-state index contributed by atoms with van der Waals surface area (Å²) in [7, 11) is 1.23. The molecule has 5 rings (SSSR count). The minimum Gasteiger partial charge on any atom is -0.354 e. The highest BCUT2D eigenvalue weighted by Crippen LogP contribution is 2.21. The van der Waals surface area contributed by atoms with Gasteiger partial charge in [-0.1, -0.05) is 65.8 Å². The van der Waals surface area contributed by atoms with Crippen LogP contribution in [0.15, 0.2) is 59.5 Å². The molecular formula is C38H59N7O2S. The van der Waals surface area contributed by atoms with Crippen LogP contribution in [-0.2, 0) is 9.71 Å². The third-order valence-electron chi connectivity index (χ3n) is 8.49. The van der Waals surface area contributed by atoms with Crippen LogP contribution in [0.1, 0.15) is 92.3 Å². The molecule has 2 aromatic carbocycles. The van der Waals surface area contributed by atoms with Crippen LogP contribution in [0.3, 0.4) is 0 Å². The molecule has 48 heavy (non-hydrogen) atoms. The number of hydrogen-bond acceptors (Lipinski definition) is 7. The van der Waals surface area contributed by atoms with Crippen molar-refractivity contribution in [3.8, 4) is 0 Å². The molecule has 3 aromatic rings. The first-order valence-corrected chi connectivity index (χ1v) is 18.9. The van der Waals surface area contributed by atoms with Crippen LogP contribution in [0.4, 0.5) is 5.82 Å². The fraction of sp³-hybridized carbons (Fsp3) is 0.526. The predicted molar refractivity (Wildman–Crippen MR) is 203 cm³/mol. The average molecular weight is 678 g/mol. The number of hydrogen-bond donors (Lipinski definition) is 2. The second kappa shape index (κ2) is 18.5. The van der Waals surface area contributed by atoms with Gasteiger partial charge >= 0.3 is 0 Å². The van der Waals surface area contributed by atoms with Gasteiger partial charge in [0.25, 0.3) is 5.91 Å². The standard InChI is InChI=1S/C14H22N2OS.C12H20N4.C12H17NO/c1-12(2)13-4-6-14(7-5-13)18(3,17)16-10-8-15-9-11-16;1-9(2)11-8-12(15-10(3)14-11)16-6-4-13-5-7-16;1-9(2)10-6-5-7-11(8-10)12(14)13(3)4/h4-7,12,15H,3,8-11H2,1-2H3;8-9,13H,4-7H2,1-3H3;5-9H,1-4H3. The zero-order chi connectivity index (χ0) is 35.4. The van der Waals surface area contributed by atoms with Gasteiger partial charge < -0.3 is 20.4 Å². The van der Waals surface area contributed by atoms with Gasteiger partial charge in [-0.3, -0.25) is 4.79 Å². The number of benzene rings is 2. The number of aromatic nitrogens is 2. The molecule has 0 saturated carbocycles. The molecule has 1 amide bonds. The maximum atomic E-state index is 12.8. The van der Waals surface area contributed by atoms with Crippen molar-refractivity contribution < 1.29 is 9.00 Å². The lowest BCUT2D eigenvalue weighted by atomic mass is 10.0. The van der Waals surface area contributed by atoms with Crippen molar-refractivity contribution in [2.45, 2.75) is 71.1 Å². The monoisotopic (exact) mass is 677 g/mol. The lowest BCUT2D eigenvalue weighted by Gasteiger charge is -2.30. The molecule has 2 saturated heterocycles. The Kier molecular flexibility index (Phi) is 15.0. The minimum absolute atomic E-state index is 0.0625. The molecule has 1 unspecified atom stereocenters. The van der Waals surface area contributed by atoms with Crippen LogP contribution in [0.25, 0.3) is 0 Å². The summed E-state index contributed by atoms with van der Waals surface area (Å²) in [4.78, 5) is 25.4. The van der Waals surface area contributed by atoms with E-state index in [-0.39, 0.29) is 5.91 Å². The molecule has 0 radical (unpaired) electrons. The van der Waals surface area contributed by atoms with E-state index in [1.54, 1.807) is 19.0 Å². The number of amides is 1. The highest BCUT2D eigenvalue weighted by Gasteiger charge is 2.20. The Morgan fingerprint density at radius 3 is 1.88 bits per heavy atom. The molecule has 9 nitrogen and oxygen atoms in total. The van der Waals surface area contributed by atoms with E-state index in [2.05, 4.69) is 97.2 Å². The van der Waals surface area contributed by atoms with E-state index < -0.39 is 9.71 Å². The van der Waals surface area contributed by atoms with Crippen molar-refractivity contribution in [3.63, 3.8) is 0 Å². The molecule has 2 aliphatic rings. The molecule has 3 heterocycles. The van der Waals surface area contributed by atoms with Crippen molar-refractivity contribution in [1.82, 2.24) is 29.8 Å². The number of piperazine rings is 2. The maximum absolute atomic E-state index is 12.8. The Hall–Kier alpha value is -3.31. The maximum Gasteiger partial charge on any atom is 0.253 e. The summed E-state index contributed by atoms with van der Waals surface area (Å²) in [6.07, 6.45) is 0. The average Bonchev–Trinajstić information content (AvgIpc) is 3.09. The van der Waals surface area contributed by atoms with Crippen LogP contribution in [0.2, 0.25) is 0 Å². The van der Waals surface area contributed by atoms with Gasteiger partial charge in [0.05, 0.1) is 9.71 Å². The van der Waals surface area contributed by atoms with Crippen LogP contribution in [-0.4, -0.2) is 102 Å². The van der Waals surface area contributed by atoms with Gasteiger partial charge in [-0.2, -0.15) is 0 Å². The zero-order valence-electron chi connectivity index (χ0n) is 30.8. The summed E-state index contributed by atoms with van der Waals surface area (Å²) in [5.74, 6) is 7.41. The smallest absolute Gasteiger partial charge is 0.253 e. The molecule has 0 spiro atoms. The number of rotatable bonds is 7. The highest BCUT2D eigenvalue weighted by molar-refractivity contribution is 7.98. The zero-order valence-corrected chi connectivity index (χ0v) is 31.6. The van der Waals surface area contributed by atoms with Crippen molar-refractivity contribution in [3.05, 3.63) is 82.8 Å². The van der Waals surface area contributed by atoms with Crippen LogP contribution in [0, 0.1) is 6.92 Å².